The summed E-state index contributed by atoms with van der Waals surface area (Å²) in [4.78, 5) is 14.5. The highest BCUT2D eigenvalue weighted by molar-refractivity contribution is 5.95. The van der Waals surface area contributed by atoms with Gasteiger partial charge in [0.05, 0.1) is 0 Å². The van der Waals surface area contributed by atoms with Crippen LogP contribution in [0, 0.1) is 13.8 Å². The first-order valence-corrected chi connectivity index (χ1v) is 9.55. The average molecular weight is 383 g/mol. The first kappa shape index (κ1) is 18.6. The molecule has 2 aliphatic rings. The maximum absolute atomic E-state index is 12.8. The quantitative estimate of drug-likeness (QED) is 0.879. The number of nitrogens with zero attached hydrogens (tertiary/aromatic N) is 1. The fourth-order valence-electron chi connectivity index (χ4n) is 3.50. The second-order valence-corrected chi connectivity index (χ2v) is 7.62. The molecule has 0 atom stereocenters. The molecule has 2 heterocycles. The van der Waals surface area contributed by atoms with Crippen LogP contribution >= 0.6 is 0 Å². The largest absolute Gasteiger partial charge is 0.491 e. The summed E-state index contributed by atoms with van der Waals surface area (Å²) < 4.78 is 16.5. The summed E-state index contributed by atoms with van der Waals surface area (Å²) in [7, 11) is 0. The lowest BCUT2D eigenvalue weighted by atomic mass is 9.92. The van der Waals surface area contributed by atoms with Crippen LogP contribution in [0.15, 0.2) is 36.4 Å². The van der Waals surface area contributed by atoms with Crippen LogP contribution in [-0.2, 0) is 0 Å². The predicted molar refractivity (Wildman–Crippen MR) is 104 cm³/mol. The smallest absolute Gasteiger partial charge is 0.253 e. The zero-order valence-electron chi connectivity index (χ0n) is 16.2. The molecule has 1 N–H and O–H groups in total. The van der Waals surface area contributed by atoms with Gasteiger partial charge in [-0.05, 0) is 68.1 Å². The van der Waals surface area contributed by atoms with E-state index in [1.165, 1.54) is 5.56 Å². The summed E-state index contributed by atoms with van der Waals surface area (Å²) in [5, 5.41) is 10.9. The van der Waals surface area contributed by atoms with E-state index in [-0.39, 0.29) is 19.3 Å². The van der Waals surface area contributed by atoms with E-state index in [2.05, 4.69) is 6.92 Å². The number of carbonyl (C=O) groups is 1. The van der Waals surface area contributed by atoms with Gasteiger partial charge in [0.25, 0.3) is 5.91 Å². The van der Waals surface area contributed by atoms with Gasteiger partial charge in [-0.15, -0.1) is 0 Å². The predicted octanol–water partition coefficient (Wildman–Crippen LogP) is 3.08. The van der Waals surface area contributed by atoms with E-state index in [0.29, 0.717) is 43.0 Å². The molecule has 1 fully saturated rings. The molecule has 0 radical (unpaired) electrons. The molecule has 148 valence electrons. The van der Waals surface area contributed by atoms with E-state index in [1.807, 2.05) is 25.1 Å². The summed E-state index contributed by atoms with van der Waals surface area (Å²) in [5.41, 5.74) is 2.01. The van der Waals surface area contributed by atoms with Crippen molar-refractivity contribution in [3.8, 4) is 17.2 Å². The number of aryl methyl sites for hydroxylation is 2. The minimum absolute atomic E-state index is 0.0598. The van der Waals surface area contributed by atoms with Crippen molar-refractivity contribution in [1.29, 1.82) is 0 Å². The van der Waals surface area contributed by atoms with Gasteiger partial charge < -0.3 is 24.2 Å². The number of carbonyl (C=O) groups excluding carboxylic acids is 1. The standard InChI is InChI=1S/C22H25NO5/c1-15-3-5-18(11-16(15)2)26-13-22(25)7-9-23(10-8-22)21(24)17-4-6-19-20(12-17)28-14-27-19/h3-6,11-12,25H,7-10,13-14H2,1-2H3. The minimum Gasteiger partial charge on any atom is -0.491 e. The number of benzene rings is 2. The fraction of sp³-hybridized carbons (Fsp3) is 0.409. The monoisotopic (exact) mass is 383 g/mol. The molecular formula is C22H25NO5. The summed E-state index contributed by atoms with van der Waals surface area (Å²) in [6.45, 7) is 5.47. The Morgan fingerprint density at radius 1 is 1.07 bits per heavy atom. The van der Waals surface area contributed by atoms with Gasteiger partial charge >= 0.3 is 0 Å². The summed E-state index contributed by atoms with van der Waals surface area (Å²) in [6, 6.07) is 11.1. The third kappa shape index (κ3) is 3.78. The van der Waals surface area contributed by atoms with E-state index in [1.54, 1.807) is 23.1 Å². The SMILES string of the molecule is Cc1ccc(OCC2(O)CCN(C(=O)c3ccc4c(c3)OCO4)CC2)cc1C. The molecule has 0 bridgehead atoms. The molecule has 2 aliphatic heterocycles. The van der Waals surface area contributed by atoms with Crippen LogP contribution in [0.25, 0.3) is 0 Å². The molecule has 0 saturated carbocycles. The molecule has 1 saturated heterocycles. The Kier molecular flexibility index (Phi) is 4.89. The highest BCUT2D eigenvalue weighted by Gasteiger charge is 2.35. The molecule has 0 spiro atoms. The summed E-state index contributed by atoms with van der Waals surface area (Å²) in [6.07, 6.45) is 0.961. The maximum Gasteiger partial charge on any atom is 0.253 e. The topological polar surface area (TPSA) is 68.2 Å². The molecule has 0 aromatic heterocycles. The van der Waals surface area contributed by atoms with E-state index in [4.69, 9.17) is 14.2 Å². The third-order valence-corrected chi connectivity index (χ3v) is 5.59. The van der Waals surface area contributed by atoms with Crippen LogP contribution in [0.4, 0.5) is 0 Å². The Bertz CT molecular complexity index is 886. The molecule has 0 unspecified atom stereocenters. The van der Waals surface area contributed by atoms with Gasteiger partial charge in [0.15, 0.2) is 11.5 Å². The molecule has 4 rings (SSSR count). The lowest BCUT2D eigenvalue weighted by Crippen LogP contribution is -2.49. The fourth-order valence-corrected chi connectivity index (χ4v) is 3.50. The van der Waals surface area contributed by atoms with Crippen molar-refractivity contribution in [1.82, 2.24) is 4.90 Å². The molecule has 2 aromatic carbocycles. The third-order valence-electron chi connectivity index (χ3n) is 5.59. The van der Waals surface area contributed by atoms with Gasteiger partial charge in [0.2, 0.25) is 6.79 Å². The normalized spacial score (nSPS) is 17.5. The van der Waals surface area contributed by atoms with Crippen molar-refractivity contribution >= 4 is 5.91 Å². The highest BCUT2D eigenvalue weighted by Crippen LogP contribution is 2.33. The number of likely N-dealkylation sites (tertiary alicyclic amines) is 1. The van der Waals surface area contributed by atoms with Gasteiger partial charge in [-0.2, -0.15) is 0 Å². The Morgan fingerprint density at radius 3 is 2.57 bits per heavy atom. The molecule has 0 aliphatic carbocycles. The van der Waals surface area contributed by atoms with Crippen LogP contribution in [0.1, 0.15) is 34.3 Å². The Labute approximate surface area is 164 Å². The number of hydrogen-bond donors (Lipinski definition) is 1. The van der Waals surface area contributed by atoms with E-state index >= 15 is 0 Å². The van der Waals surface area contributed by atoms with Crippen molar-refractivity contribution < 1.29 is 24.1 Å². The van der Waals surface area contributed by atoms with Crippen molar-refractivity contribution in [2.24, 2.45) is 0 Å². The van der Waals surface area contributed by atoms with Gasteiger partial charge in [0.1, 0.15) is 18.0 Å². The molecular weight excluding hydrogens is 358 g/mol. The van der Waals surface area contributed by atoms with Crippen LogP contribution in [0.2, 0.25) is 0 Å². The number of amides is 1. The van der Waals surface area contributed by atoms with E-state index in [0.717, 1.165) is 11.3 Å². The van der Waals surface area contributed by atoms with Gasteiger partial charge in [-0.25, -0.2) is 0 Å². The van der Waals surface area contributed by atoms with Crippen LogP contribution in [-0.4, -0.2) is 48.0 Å². The summed E-state index contributed by atoms with van der Waals surface area (Å²) in [5.74, 6) is 1.96. The minimum atomic E-state index is -0.926. The average Bonchev–Trinajstić information content (AvgIpc) is 3.17. The molecule has 2 aromatic rings. The Hall–Kier alpha value is -2.73. The zero-order chi connectivity index (χ0) is 19.7. The van der Waals surface area contributed by atoms with Gasteiger partial charge in [0, 0.05) is 18.7 Å². The molecule has 6 heteroatoms. The number of fused-ring (bicyclic) bond motifs is 1. The molecule has 1 amide bonds. The number of piperidine rings is 1. The van der Waals surface area contributed by atoms with Crippen molar-refractivity contribution in [3.05, 3.63) is 53.1 Å². The molecule has 28 heavy (non-hydrogen) atoms. The van der Waals surface area contributed by atoms with Crippen molar-refractivity contribution in [2.75, 3.05) is 26.5 Å². The second-order valence-electron chi connectivity index (χ2n) is 7.62. The molecule has 6 nitrogen and oxygen atoms in total. The van der Waals surface area contributed by atoms with Crippen LogP contribution in [0.5, 0.6) is 17.2 Å². The number of aliphatic hydroxyl groups is 1. The highest BCUT2D eigenvalue weighted by atomic mass is 16.7. The Morgan fingerprint density at radius 2 is 1.82 bits per heavy atom. The zero-order valence-corrected chi connectivity index (χ0v) is 16.2. The van der Waals surface area contributed by atoms with Gasteiger partial charge in [-0.1, -0.05) is 6.07 Å². The number of ether oxygens (including phenoxy) is 3. The lowest BCUT2D eigenvalue weighted by molar-refractivity contribution is -0.0475. The van der Waals surface area contributed by atoms with E-state index < -0.39 is 5.60 Å². The van der Waals surface area contributed by atoms with Crippen LogP contribution < -0.4 is 14.2 Å². The lowest BCUT2D eigenvalue weighted by Gasteiger charge is -2.38. The second kappa shape index (κ2) is 7.36. The first-order valence-electron chi connectivity index (χ1n) is 9.55. The number of rotatable bonds is 4. The van der Waals surface area contributed by atoms with E-state index in [9.17, 15) is 9.90 Å². The number of hydrogen-bond acceptors (Lipinski definition) is 5. The Balaban J connectivity index is 1.34. The van der Waals surface area contributed by atoms with Gasteiger partial charge in [-0.3, -0.25) is 4.79 Å². The van der Waals surface area contributed by atoms with Crippen molar-refractivity contribution in [2.45, 2.75) is 32.3 Å². The first-order chi connectivity index (χ1) is 13.4. The maximum atomic E-state index is 12.8. The van der Waals surface area contributed by atoms with Crippen LogP contribution in [0.3, 0.4) is 0 Å². The van der Waals surface area contributed by atoms with Crippen molar-refractivity contribution in [3.63, 3.8) is 0 Å². The summed E-state index contributed by atoms with van der Waals surface area (Å²) >= 11 is 0.